The minimum atomic E-state index is -0.280. The summed E-state index contributed by atoms with van der Waals surface area (Å²) >= 11 is 0. The van der Waals surface area contributed by atoms with E-state index in [1.54, 1.807) is 24.3 Å². The van der Waals surface area contributed by atoms with Gasteiger partial charge in [0.25, 0.3) is 5.91 Å². The molecule has 0 spiro atoms. The normalized spacial score (nSPS) is 13.1. The van der Waals surface area contributed by atoms with Gasteiger partial charge in [-0.15, -0.1) is 0 Å². The molecule has 1 heterocycles. The van der Waals surface area contributed by atoms with Crippen molar-refractivity contribution in [3.05, 3.63) is 48.0 Å². The molecule has 0 saturated heterocycles. The van der Waals surface area contributed by atoms with Gasteiger partial charge in [0.2, 0.25) is 5.91 Å². The smallest absolute Gasteiger partial charge is 0.262 e. The zero-order chi connectivity index (χ0) is 16.9. The maximum absolute atomic E-state index is 12.0. The number of anilines is 2. The maximum atomic E-state index is 12.0. The maximum Gasteiger partial charge on any atom is 0.262 e. The van der Waals surface area contributed by atoms with Crippen molar-refractivity contribution in [2.75, 3.05) is 23.8 Å². The van der Waals surface area contributed by atoms with Crippen LogP contribution in [0.2, 0.25) is 0 Å². The first-order valence-electron chi connectivity index (χ1n) is 7.66. The third kappa shape index (κ3) is 4.04. The van der Waals surface area contributed by atoms with E-state index in [4.69, 9.17) is 9.47 Å². The molecule has 0 saturated carbocycles. The summed E-state index contributed by atoms with van der Waals surface area (Å²) in [5.41, 5.74) is 2.18. The molecule has 2 aromatic carbocycles. The predicted molar refractivity (Wildman–Crippen MR) is 90.5 cm³/mol. The lowest BCUT2D eigenvalue weighted by Gasteiger charge is -2.11. The van der Waals surface area contributed by atoms with Crippen LogP contribution >= 0.6 is 0 Å². The number of amides is 2. The highest BCUT2D eigenvalue weighted by Gasteiger charge is 2.14. The molecule has 0 aromatic heterocycles. The summed E-state index contributed by atoms with van der Waals surface area (Å²) in [6.45, 7) is 2.21. The van der Waals surface area contributed by atoms with Gasteiger partial charge >= 0.3 is 0 Å². The van der Waals surface area contributed by atoms with Gasteiger partial charge in [-0.25, -0.2) is 0 Å². The van der Waals surface area contributed by atoms with Gasteiger partial charge in [-0.2, -0.15) is 0 Å². The molecule has 1 aliphatic heterocycles. The first-order valence-corrected chi connectivity index (χ1v) is 7.66. The summed E-state index contributed by atoms with van der Waals surface area (Å²) in [7, 11) is 0. The molecule has 1 aliphatic rings. The lowest BCUT2D eigenvalue weighted by Crippen LogP contribution is -2.20. The molecule has 124 valence electrons. The van der Waals surface area contributed by atoms with Gasteiger partial charge in [0.15, 0.2) is 6.61 Å². The average Bonchev–Trinajstić information content (AvgIpc) is 2.73. The number of carbonyl (C=O) groups is 2. The van der Waals surface area contributed by atoms with Crippen LogP contribution in [0.3, 0.4) is 0 Å². The van der Waals surface area contributed by atoms with Crippen molar-refractivity contribution in [3.8, 4) is 11.5 Å². The van der Waals surface area contributed by atoms with E-state index in [9.17, 15) is 9.59 Å². The minimum Gasteiger partial charge on any atom is -0.491 e. The molecule has 3 rings (SSSR count). The summed E-state index contributed by atoms with van der Waals surface area (Å²) in [5.74, 6) is 0.847. The number of fused-ring (bicyclic) bond motifs is 1. The van der Waals surface area contributed by atoms with Gasteiger partial charge in [0.05, 0.1) is 18.7 Å². The van der Waals surface area contributed by atoms with Crippen LogP contribution in [-0.2, 0) is 9.59 Å². The molecule has 0 unspecified atom stereocenters. The highest BCUT2D eigenvalue weighted by Crippen LogP contribution is 2.30. The fourth-order valence-electron chi connectivity index (χ4n) is 2.35. The third-order valence-corrected chi connectivity index (χ3v) is 3.48. The highest BCUT2D eigenvalue weighted by atomic mass is 16.5. The molecule has 0 fully saturated rings. The Balaban J connectivity index is 1.61. The van der Waals surface area contributed by atoms with Crippen molar-refractivity contribution in [2.24, 2.45) is 0 Å². The summed E-state index contributed by atoms with van der Waals surface area (Å²) in [5, 5.41) is 5.49. The fourth-order valence-corrected chi connectivity index (χ4v) is 2.35. The van der Waals surface area contributed by atoms with Gasteiger partial charge in [0, 0.05) is 5.69 Å². The Kier molecular flexibility index (Phi) is 4.65. The number of nitrogens with one attached hydrogen (secondary N) is 2. The second kappa shape index (κ2) is 7.04. The Morgan fingerprint density at radius 3 is 3.00 bits per heavy atom. The third-order valence-electron chi connectivity index (χ3n) is 3.48. The van der Waals surface area contributed by atoms with Crippen LogP contribution in [0.4, 0.5) is 11.4 Å². The number of hydrogen-bond acceptors (Lipinski definition) is 4. The Hall–Kier alpha value is -3.02. The molecule has 6 nitrogen and oxygen atoms in total. The van der Waals surface area contributed by atoms with E-state index in [0.29, 0.717) is 35.9 Å². The van der Waals surface area contributed by atoms with Crippen LogP contribution in [0.5, 0.6) is 11.5 Å². The zero-order valence-electron chi connectivity index (χ0n) is 13.3. The van der Waals surface area contributed by atoms with E-state index < -0.39 is 0 Å². The van der Waals surface area contributed by atoms with Crippen molar-refractivity contribution >= 4 is 23.2 Å². The van der Waals surface area contributed by atoms with Crippen molar-refractivity contribution in [3.63, 3.8) is 0 Å². The Labute approximate surface area is 139 Å². The quantitative estimate of drug-likeness (QED) is 0.906. The topological polar surface area (TPSA) is 76.7 Å². The van der Waals surface area contributed by atoms with Gasteiger partial charge in [-0.1, -0.05) is 12.1 Å². The number of hydrogen-bond donors (Lipinski definition) is 2. The first-order chi connectivity index (χ1) is 11.6. The molecule has 2 N–H and O–H groups in total. The average molecular weight is 326 g/mol. The zero-order valence-corrected chi connectivity index (χ0v) is 13.3. The second-order valence-electron chi connectivity index (χ2n) is 5.51. The van der Waals surface area contributed by atoms with E-state index in [2.05, 4.69) is 10.6 Å². The van der Waals surface area contributed by atoms with Crippen LogP contribution in [0.25, 0.3) is 0 Å². The molecule has 24 heavy (non-hydrogen) atoms. The van der Waals surface area contributed by atoms with Crippen LogP contribution in [0.1, 0.15) is 12.0 Å². The van der Waals surface area contributed by atoms with E-state index in [1.165, 1.54) is 0 Å². The SMILES string of the molecule is Cc1cccc(OCC(=O)Nc2ccc3c(c2)NC(=O)CCO3)c1. The molecule has 0 radical (unpaired) electrons. The predicted octanol–water partition coefficient (Wildman–Crippen LogP) is 2.73. The summed E-state index contributed by atoms with van der Waals surface area (Å²) in [6, 6.07) is 12.6. The Bertz CT molecular complexity index is 773. The number of ether oxygens (including phenoxy) is 2. The fraction of sp³-hybridized carbons (Fsp3) is 0.222. The van der Waals surface area contributed by atoms with E-state index >= 15 is 0 Å². The summed E-state index contributed by atoms with van der Waals surface area (Å²) in [6.07, 6.45) is 0.306. The second-order valence-corrected chi connectivity index (χ2v) is 5.51. The standard InChI is InChI=1S/C18H18N2O4/c1-12-3-2-4-14(9-12)24-11-18(22)19-13-5-6-16-15(10-13)20-17(21)7-8-23-16/h2-6,9-10H,7-8,11H2,1H3,(H,19,22)(H,20,21). The van der Waals surface area contributed by atoms with Crippen LogP contribution in [0, 0.1) is 6.92 Å². The number of aryl methyl sites for hydroxylation is 1. The Morgan fingerprint density at radius 1 is 1.29 bits per heavy atom. The van der Waals surface area contributed by atoms with Crippen LogP contribution < -0.4 is 20.1 Å². The number of carbonyl (C=O) groups excluding carboxylic acids is 2. The van der Waals surface area contributed by atoms with Gasteiger partial charge in [-0.3, -0.25) is 9.59 Å². The molecule has 0 aliphatic carbocycles. The molecular weight excluding hydrogens is 308 g/mol. The molecule has 0 bridgehead atoms. The molecule has 6 heteroatoms. The molecule has 2 amide bonds. The van der Waals surface area contributed by atoms with Gasteiger partial charge in [-0.05, 0) is 42.8 Å². The van der Waals surface area contributed by atoms with E-state index in [1.807, 2.05) is 25.1 Å². The number of benzene rings is 2. The van der Waals surface area contributed by atoms with Crippen molar-refractivity contribution in [1.82, 2.24) is 0 Å². The lowest BCUT2D eigenvalue weighted by atomic mass is 10.2. The summed E-state index contributed by atoms with van der Waals surface area (Å²) < 4.78 is 10.9. The van der Waals surface area contributed by atoms with Crippen LogP contribution in [0.15, 0.2) is 42.5 Å². The first kappa shape index (κ1) is 15.9. The lowest BCUT2D eigenvalue weighted by molar-refractivity contribution is -0.118. The Morgan fingerprint density at radius 2 is 2.17 bits per heavy atom. The van der Waals surface area contributed by atoms with Crippen molar-refractivity contribution in [2.45, 2.75) is 13.3 Å². The van der Waals surface area contributed by atoms with Gasteiger partial charge in [0.1, 0.15) is 11.5 Å². The number of rotatable bonds is 4. The van der Waals surface area contributed by atoms with E-state index in [-0.39, 0.29) is 18.4 Å². The minimum absolute atomic E-state index is 0.0939. The largest absolute Gasteiger partial charge is 0.491 e. The van der Waals surface area contributed by atoms with Gasteiger partial charge < -0.3 is 20.1 Å². The van der Waals surface area contributed by atoms with Crippen molar-refractivity contribution in [1.29, 1.82) is 0 Å². The molecule has 2 aromatic rings. The summed E-state index contributed by atoms with van der Waals surface area (Å²) in [4.78, 5) is 23.6. The molecular formula is C18H18N2O4. The monoisotopic (exact) mass is 326 g/mol. The van der Waals surface area contributed by atoms with Crippen LogP contribution in [-0.4, -0.2) is 25.0 Å². The molecule has 0 atom stereocenters. The van der Waals surface area contributed by atoms with E-state index in [0.717, 1.165) is 5.56 Å². The van der Waals surface area contributed by atoms with Crippen molar-refractivity contribution < 1.29 is 19.1 Å². The highest BCUT2D eigenvalue weighted by molar-refractivity contribution is 5.96.